The van der Waals surface area contributed by atoms with E-state index >= 15 is 0 Å². The molecule has 1 aliphatic carbocycles. The van der Waals surface area contributed by atoms with E-state index in [0.29, 0.717) is 10.8 Å². The van der Waals surface area contributed by atoms with Crippen molar-refractivity contribution in [2.24, 2.45) is 0 Å². The van der Waals surface area contributed by atoms with Gasteiger partial charge in [-0.1, -0.05) is 31.5 Å². The molecule has 0 radical (unpaired) electrons. The van der Waals surface area contributed by atoms with Crippen molar-refractivity contribution in [3.8, 4) is 0 Å². The van der Waals surface area contributed by atoms with Gasteiger partial charge in [-0.2, -0.15) is 11.8 Å². The number of benzene rings is 1. The number of carbonyl (C=O) groups excluding carboxylic acids is 1. The Labute approximate surface area is 128 Å². The standard InChI is InChI=1S/C15H20N2O3S/c1-2-21-14-9-5-7-12(14)16-15(18)10-11-6-3-4-8-13(11)17(19)20/h3-4,6,8,12,14H,2,5,7,9-10H2,1H3,(H,16,18)/t12-,14-/m0/s1. The SMILES string of the molecule is CCS[C@H]1CCC[C@@H]1NC(=O)Cc1ccccc1[N+](=O)[O-]. The first-order chi connectivity index (χ1) is 10.1. The fourth-order valence-corrected chi connectivity index (χ4v) is 3.97. The Morgan fingerprint density at radius 1 is 1.43 bits per heavy atom. The fourth-order valence-electron chi connectivity index (χ4n) is 2.77. The maximum Gasteiger partial charge on any atom is 0.273 e. The Bertz CT molecular complexity index is 521. The topological polar surface area (TPSA) is 72.2 Å². The summed E-state index contributed by atoms with van der Waals surface area (Å²) >= 11 is 1.88. The van der Waals surface area contributed by atoms with Crippen molar-refractivity contribution in [1.82, 2.24) is 5.32 Å². The molecular weight excluding hydrogens is 288 g/mol. The van der Waals surface area contributed by atoms with Crippen molar-refractivity contribution in [2.75, 3.05) is 5.75 Å². The molecule has 0 heterocycles. The highest BCUT2D eigenvalue weighted by atomic mass is 32.2. The summed E-state index contributed by atoms with van der Waals surface area (Å²) in [5.74, 6) is 0.916. The number of nitro groups is 1. The monoisotopic (exact) mass is 308 g/mol. The number of carbonyl (C=O) groups is 1. The summed E-state index contributed by atoms with van der Waals surface area (Å²) in [4.78, 5) is 22.7. The van der Waals surface area contributed by atoms with Gasteiger partial charge in [0.1, 0.15) is 0 Å². The Hall–Kier alpha value is -1.56. The lowest BCUT2D eigenvalue weighted by molar-refractivity contribution is -0.385. The third-order valence-electron chi connectivity index (χ3n) is 3.72. The number of nitrogens with one attached hydrogen (secondary N) is 1. The molecule has 1 amide bonds. The van der Waals surface area contributed by atoms with Crippen molar-refractivity contribution in [3.63, 3.8) is 0 Å². The van der Waals surface area contributed by atoms with E-state index in [0.717, 1.165) is 25.0 Å². The van der Waals surface area contributed by atoms with Gasteiger partial charge in [0.2, 0.25) is 5.91 Å². The Balaban J connectivity index is 1.97. The first kappa shape index (κ1) is 15.8. The fraction of sp³-hybridized carbons (Fsp3) is 0.533. The molecule has 0 unspecified atom stereocenters. The molecule has 1 aromatic rings. The largest absolute Gasteiger partial charge is 0.352 e. The summed E-state index contributed by atoms with van der Waals surface area (Å²) in [5, 5.41) is 14.5. The number of nitrogens with zero attached hydrogens (tertiary/aromatic N) is 1. The van der Waals surface area contributed by atoms with Gasteiger partial charge in [0.05, 0.1) is 11.3 Å². The van der Waals surface area contributed by atoms with Crippen LogP contribution in [0.1, 0.15) is 31.7 Å². The highest BCUT2D eigenvalue weighted by Crippen LogP contribution is 2.30. The van der Waals surface area contributed by atoms with Gasteiger partial charge in [-0.25, -0.2) is 0 Å². The van der Waals surface area contributed by atoms with E-state index in [4.69, 9.17) is 0 Å². The van der Waals surface area contributed by atoms with E-state index < -0.39 is 4.92 Å². The third kappa shape index (κ3) is 4.20. The summed E-state index contributed by atoms with van der Waals surface area (Å²) in [6.45, 7) is 2.12. The minimum Gasteiger partial charge on any atom is -0.352 e. The lowest BCUT2D eigenvalue weighted by Gasteiger charge is -2.20. The first-order valence-corrected chi connectivity index (χ1v) is 8.30. The van der Waals surface area contributed by atoms with E-state index in [9.17, 15) is 14.9 Å². The lowest BCUT2D eigenvalue weighted by atomic mass is 10.1. The number of hydrogen-bond acceptors (Lipinski definition) is 4. The van der Waals surface area contributed by atoms with Gasteiger partial charge in [0, 0.05) is 22.9 Å². The van der Waals surface area contributed by atoms with Gasteiger partial charge in [0.15, 0.2) is 0 Å². The average Bonchev–Trinajstić information content (AvgIpc) is 2.86. The van der Waals surface area contributed by atoms with Crippen LogP contribution in [0.2, 0.25) is 0 Å². The number of rotatable bonds is 6. The van der Waals surface area contributed by atoms with Crippen LogP contribution in [0.15, 0.2) is 24.3 Å². The molecule has 1 fully saturated rings. The van der Waals surface area contributed by atoms with Crippen molar-refractivity contribution in [3.05, 3.63) is 39.9 Å². The van der Waals surface area contributed by atoms with Crippen LogP contribution in [0.4, 0.5) is 5.69 Å². The first-order valence-electron chi connectivity index (χ1n) is 7.25. The highest BCUT2D eigenvalue weighted by molar-refractivity contribution is 7.99. The second-order valence-electron chi connectivity index (χ2n) is 5.16. The van der Waals surface area contributed by atoms with Gasteiger partial charge < -0.3 is 5.32 Å². The second kappa shape index (κ2) is 7.45. The smallest absolute Gasteiger partial charge is 0.273 e. The Morgan fingerprint density at radius 2 is 2.19 bits per heavy atom. The maximum atomic E-state index is 12.2. The van der Waals surface area contributed by atoms with Gasteiger partial charge in [-0.3, -0.25) is 14.9 Å². The number of hydrogen-bond donors (Lipinski definition) is 1. The molecule has 6 heteroatoms. The van der Waals surface area contributed by atoms with Crippen LogP contribution < -0.4 is 5.32 Å². The summed E-state index contributed by atoms with van der Waals surface area (Å²) in [7, 11) is 0. The second-order valence-corrected chi connectivity index (χ2v) is 6.68. The van der Waals surface area contributed by atoms with Gasteiger partial charge >= 0.3 is 0 Å². The normalized spacial score (nSPS) is 21.2. The Morgan fingerprint density at radius 3 is 2.90 bits per heavy atom. The van der Waals surface area contributed by atoms with E-state index in [1.165, 1.54) is 6.07 Å². The van der Waals surface area contributed by atoms with Crippen molar-refractivity contribution >= 4 is 23.4 Å². The maximum absolute atomic E-state index is 12.2. The minimum atomic E-state index is -0.437. The highest BCUT2D eigenvalue weighted by Gasteiger charge is 2.28. The quantitative estimate of drug-likeness (QED) is 0.648. The van der Waals surface area contributed by atoms with Crippen molar-refractivity contribution in [2.45, 2.75) is 43.9 Å². The van der Waals surface area contributed by atoms with Crippen LogP contribution >= 0.6 is 11.8 Å². The third-order valence-corrected chi connectivity index (χ3v) is 5.04. The van der Waals surface area contributed by atoms with E-state index in [2.05, 4.69) is 12.2 Å². The number of para-hydroxylation sites is 1. The molecule has 2 rings (SSSR count). The molecule has 1 N–H and O–H groups in total. The number of amides is 1. The number of nitro benzene ring substituents is 1. The molecule has 21 heavy (non-hydrogen) atoms. The summed E-state index contributed by atoms with van der Waals surface area (Å²) < 4.78 is 0. The summed E-state index contributed by atoms with van der Waals surface area (Å²) in [5.41, 5.74) is 0.483. The van der Waals surface area contributed by atoms with Crippen LogP contribution in [0.5, 0.6) is 0 Å². The molecular formula is C15H20N2O3S. The van der Waals surface area contributed by atoms with Gasteiger partial charge in [0.25, 0.3) is 5.69 Å². The molecule has 0 spiro atoms. The van der Waals surface area contributed by atoms with Crippen molar-refractivity contribution in [1.29, 1.82) is 0 Å². The van der Waals surface area contributed by atoms with Crippen LogP contribution in [-0.4, -0.2) is 27.9 Å². The van der Waals surface area contributed by atoms with E-state index in [1.807, 2.05) is 11.8 Å². The van der Waals surface area contributed by atoms with E-state index in [-0.39, 0.29) is 24.1 Å². The van der Waals surface area contributed by atoms with Crippen LogP contribution in [0, 0.1) is 10.1 Å². The molecule has 0 bridgehead atoms. The zero-order chi connectivity index (χ0) is 15.2. The predicted molar refractivity (Wildman–Crippen MR) is 84.5 cm³/mol. The summed E-state index contributed by atoms with van der Waals surface area (Å²) in [6.07, 6.45) is 3.33. The molecule has 0 saturated heterocycles. The zero-order valence-electron chi connectivity index (χ0n) is 12.1. The zero-order valence-corrected chi connectivity index (χ0v) is 12.9. The van der Waals surface area contributed by atoms with E-state index in [1.54, 1.807) is 18.2 Å². The molecule has 2 atom stereocenters. The average molecular weight is 308 g/mol. The minimum absolute atomic E-state index is 0.0126. The molecule has 0 aliphatic heterocycles. The van der Waals surface area contributed by atoms with Gasteiger partial charge in [-0.05, 0) is 18.6 Å². The molecule has 0 aromatic heterocycles. The predicted octanol–water partition coefficient (Wildman–Crippen LogP) is 2.93. The Kier molecular flexibility index (Phi) is 5.61. The van der Waals surface area contributed by atoms with Crippen LogP contribution in [-0.2, 0) is 11.2 Å². The molecule has 114 valence electrons. The molecule has 1 saturated carbocycles. The molecule has 1 aliphatic rings. The van der Waals surface area contributed by atoms with Gasteiger partial charge in [-0.15, -0.1) is 0 Å². The molecule has 1 aromatic carbocycles. The molecule has 5 nitrogen and oxygen atoms in total. The van der Waals surface area contributed by atoms with Crippen LogP contribution in [0.25, 0.3) is 0 Å². The number of thioether (sulfide) groups is 1. The lowest BCUT2D eigenvalue weighted by Crippen LogP contribution is -2.39. The summed E-state index contributed by atoms with van der Waals surface area (Å²) in [6, 6.07) is 6.62. The van der Waals surface area contributed by atoms with Crippen LogP contribution in [0.3, 0.4) is 0 Å². The van der Waals surface area contributed by atoms with Crippen molar-refractivity contribution < 1.29 is 9.72 Å².